The molecule has 1 unspecified atom stereocenters. The Labute approximate surface area is 192 Å². The summed E-state index contributed by atoms with van der Waals surface area (Å²) in [6.07, 6.45) is 3.38. The molecular formula is C21H24Cl2N4O2S. The number of carbonyl (C=O) groups excluding carboxylic acids is 1. The van der Waals surface area contributed by atoms with Gasteiger partial charge in [-0.2, -0.15) is 0 Å². The number of nitrogens with one attached hydrogen (secondary N) is 1. The predicted molar refractivity (Wildman–Crippen MR) is 124 cm³/mol. The van der Waals surface area contributed by atoms with Crippen molar-refractivity contribution in [3.05, 3.63) is 65.4 Å². The molecule has 0 bridgehead atoms. The number of thiazole rings is 1. The van der Waals surface area contributed by atoms with Crippen LogP contribution in [0.3, 0.4) is 0 Å². The summed E-state index contributed by atoms with van der Waals surface area (Å²) < 4.78 is 5.83. The van der Waals surface area contributed by atoms with Crippen LogP contribution in [0, 0.1) is 6.92 Å². The third kappa shape index (κ3) is 5.70. The Morgan fingerprint density at radius 1 is 1.27 bits per heavy atom. The quantitative estimate of drug-likeness (QED) is 0.618. The van der Waals surface area contributed by atoms with E-state index >= 15 is 0 Å². The van der Waals surface area contributed by atoms with Gasteiger partial charge in [-0.25, -0.2) is 4.98 Å². The standard InChI is InChI=1S/C21H22N4O2S.2ClH/c1-15-4-6-16(7-5-15)20-24-19(14-28-20)21(26)25-10-9-23-11-17(25)13-27-18-3-2-8-22-12-18;;/h2-8,12,14,17,23H,9-11,13H2,1H3;2*1H. The van der Waals surface area contributed by atoms with E-state index in [-0.39, 0.29) is 36.8 Å². The smallest absolute Gasteiger partial charge is 0.273 e. The van der Waals surface area contributed by atoms with Crippen molar-refractivity contribution in [2.75, 3.05) is 26.2 Å². The highest BCUT2D eigenvalue weighted by Gasteiger charge is 2.29. The molecular weight excluding hydrogens is 443 g/mol. The summed E-state index contributed by atoms with van der Waals surface area (Å²) in [5, 5.41) is 6.04. The molecule has 3 aromatic rings. The van der Waals surface area contributed by atoms with Crippen LogP contribution in [0.5, 0.6) is 5.75 Å². The van der Waals surface area contributed by atoms with Gasteiger partial charge >= 0.3 is 0 Å². The van der Waals surface area contributed by atoms with Gasteiger partial charge < -0.3 is 15.0 Å². The van der Waals surface area contributed by atoms with Crippen LogP contribution in [0.1, 0.15) is 16.1 Å². The number of rotatable bonds is 5. The van der Waals surface area contributed by atoms with E-state index < -0.39 is 0 Å². The molecule has 6 nitrogen and oxygen atoms in total. The van der Waals surface area contributed by atoms with Gasteiger partial charge in [-0.3, -0.25) is 9.78 Å². The first kappa shape index (κ1) is 24.1. The number of aryl methyl sites for hydroxylation is 1. The lowest BCUT2D eigenvalue weighted by Gasteiger charge is -2.35. The lowest BCUT2D eigenvalue weighted by molar-refractivity contribution is 0.0554. The van der Waals surface area contributed by atoms with E-state index in [4.69, 9.17) is 4.74 Å². The first-order valence-electron chi connectivity index (χ1n) is 9.28. The normalized spacial score (nSPS) is 15.6. The average Bonchev–Trinajstić information content (AvgIpc) is 3.23. The minimum Gasteiger partial charge on any atom is -0.490 e. The van der Waals surface area contributed by atoms with Gasteiger partial charge in [-0.05, 0) is 19.1 Å². The van der Waals surface area contributed by atoms with Gasteiger partial charge in [-0.1, -0.05) is 29.8 Å². The Kier molecular flexibility index (Phi) is 9.05. The fraction of sp³-hybridized carbons (Fsp3) is 0.286. The lowest BCUT2D eigenvalue weighted by atomic mass is 10.1. The first-order chi connectivity index (χ1) is 13.7. The molecule has 1 aromatic carbocycles. The number of halogens is 2. The number of nitrogens with zero attached hydrogens (tertiary/aromatic N) is 3. The molecule has 1 saturated heterocycles. The van der Waals surface area contributed by atoms with E-state index in [9.17, 15) is 4.79 Å². The van der Waals surface area contributed by atoms with Crippen molar-refractivity contribution in [3.63, 3.8) is 0 Å². The van der Waals surface area contributed by atoms with Crippen molar-refractivity contribution in [1.82, 2.24) is 20.2 Å². The molecule has 1 fully saturated rings. The summed E-state index contributed by atoms with van der Waals surface area (Å²) >= 11 is 1.50. The molecule has 1 amide bonds. The summed E-state index contributed by atoms with van der Waals surface area (Å²) in [5.41, 5.74) is 2.73. The Balaban J connectivity index is 0.00000160. The monoisotopic (exact) mass is 466 g/mol. The Morgan fingerprint density at radius 2 is 2.07 bits per heavy atom. The van der Waals surface area contributed by atoms with E-state index in [1.807, 2.05) is 34.5 Å². The molecule has 4 rings (SSSR count). The zero-order valence-corrected chi connectivity index (χ0v) is 18.9. The first-order valence-corrected chi connectivity index (χ1v) is 10.2. The van der Waals surface area contributed by atoms with Crippen molar-refractivity contribution in [3.8, 4) is 16.3 Å². The van der Waals surface area contributed by atoms with E-state index in [2.05, 4.69) is 34.3 Å². The largest absolute Gasteiger partial charge is 0.490 e. The summed E-state index contributed by atoms with van der Waals surface area (Å²) in [7, 11) is 0. The Morgan fingerprint density at radius 3 is 2.80 bits per heavy atom. The SMILES string of the molecule is Cc1ccc(-c2nc(C(=O)N3CCNCC3COc3cccnc3)cs2)cc1.Cl.Cl. The van der Waals surface area contributed by atoms with E-state index in [1.54, 1.807) is 12.4 Å². The fourth-order valence-electron chi connectivity index (χ4n) is 3.15. The van der Waals surface area contributed by atoms with Crippen LogP contribution in [0.15, 0.2) is 54.2 Å². The van der Waals surface area contributed by atoms with Crippen LogP contribution in [0.4, 0.5) is 0 Å². The number of ether oxygens (including phenoxy) is 1. The molecule has 2 aromatic heterocycles. The third-order valence-electron chi connectivity index (χ3n) is 4.71. The van der Waals surface area contributed by atoms with Crippen molar-refractivity contribution in [2.24, 2.45) is 0 Å². The van der Waals surface area contributed by atoms with Crippen molar-refractivity contribution in [2.45, 2.75) is 13.0 Å². The molecule has 1 atom stereocenters. The maximum atomic E-state index is 13.1. The topological polar surface area (TPSA) is 67.4 Å². The number of carbonyl (C=O) groups is 1. The molecule has 9 heteroatoms. The maximum absolute atomic E-state index is 13.1. The number of piperazine rings is 1. The molecule has 0 saturated carbocycles. The van der Waals surface area contributed by atoms with E-state index in [0.29, 0.717) is 31.1 Å². The molecule has 1 aliphatic heterocycles. The minimum absolute atomic E-state index is 0. The Hall–Kier alpha value is -2.19. The summed E-state index contributed by atoms with van der Waals surface area (Å²) in [6.45, 7) is 4.57. The highest BCUT2D eigenvalue weighted by molar-refractivity contribution is 7.13. The summed E-state index contributed by atoms with van der Waals surface area (Å²) in [4.78, 5) is 23.6. The molecule has 30 heavy (non-hydrogen) atoms. The third-order valence-corrected chi connectivity index (χ3v) is 5.60. The zero-order valence-electron chi connectivity index (χ0n) is 16.5. The Bertz CT molecular complexity index is 938. The van der Waals surface area contributed by atoms with Crippen molar-refractivity contribution in [1.29, 1.82) is 0 Å². The molecule has 3 heterocycles. The van der Waals surface area contributed by atoms with Crippen molar-refractivity contribution >= 4 is 42.1 Å². The van der Waals surface area contributed by atoms with Crippen LogP contribution in [0.2, 0.25) is 0 Å². The summed E-state index contributed by atoms with van der Waals surface area (Å²) in [5.74, 6) is 0.659. The fourth-order valence-corrected chi connectivity index (χ4v) is 3.95. The number of pyridine rings is 1. The van der Waals surface area contributed by atoms with Gasteiger partial charge in [0.25, 0.3) is 5.91 Å². The van der Waals surface area contributed by atoms with Crippen LogP contribution in [0.25, 0.3) is 10.6 Å². The molecule has 160 valence electrons. The highest BCUT2D eigenvalue weighted by atomic mass is 35.5. The number of hydrogen-bond donors (Lipinski definition) is 1. The number of hydrogen-bond acceptors (Lipinski definition) is 6. The second-order valence-electron chi connectivity index (χ2n) is 6.76. The molecule has 0 radical (unpaired) electrons. The van der Waals surface area contributed by atoms with Gasteiger partial charge in [0.2, 0.25) is 0 Å². The van der Waals surface area contributed by atoms with Crippen LogP contribution in [-0.2, 0) is 0 Å². The van der Waals surface area contributed by atoms with Crippen LogP contribution < -0.4 is 10.1 Å². The number of aromatic nitrogens is 2. The lowest BCUT2D eigenvalue weighted by Crippen LogP contribution is -2.56. The second kappa shape index (κ2) is 11.3. The highest BCUT2D eigenvalue weighted by Crippen LogP contribution is 2.25. The zero-order chi connectivity index (χ0) is 19.3. The van der Waals surface area contributed by atoms with E-state index in [0.717, 1.165) is 17.1 Å². The van der Waals surface area contributed by atoms with Gasteiger partial charge in [0, 0.05) is 36.8 Å². The average molecular weight is 467 g/mol. The van der Waals surface area contributed by atoms with Gasteiger partial charge in [-0.15, -0.1) is 36.2 Å². The van der Waals surface area contributed by atoms with Gasteiger partial charge in [0.1, 0.15) is 23.1 Å². The molecule has 1 N–H and O–H groups in total. The second-order valence-corrected chi connectivity index (χ2v) is 7.62. The number of amides is 1. The van der Waals surface area contributed by atoms with E-state index in [1.165, 1.54) is 16.9 Å². The van der Waals surface area contributed by atoms with Crippen LogP contribution in [-0.4, -0.2) is 53.1 Å². The minimum atomic E-state index is -0.0500. The predicted octanol–water partition coefficient (Wildman–Crippen LogP) is 3.85. The summed E-state index contributed by atoms with van der Waals surface area (Å²) in [6, 6.07) is 11.8. The molecule has 0 aliphatic carbocycles. The maximum Gasteiger partial charge on any atom is 0.273 e. The molecule has 0 spiro atoms. The van der Waals surface area contributed by atoms with Gasteiger partial charge in [0.15, 0.2) is 0 Å². The van der Waals surface area contributed by atoms with Crippen LogP contribution >= 0.6 is 36.2 Å². The number of benzene rings is 1. The van der Waals surface area contributed by atoms with Crippen molar-refractivity contribution < 1.29 is 9.53 Å². The van der Waals surface area contributed by atoms with Gasteiger partial charge in [0.05, 0.1) is 12.2 Å². The molecule has 1 aliphatic rings.